The molecule has 0 aliphatic heterocycles. The van der Waals surface area contributed by atoms with Crippen molar-refractivity contribution in [2.75, 3.05) is 0 Å². The Morgan fingerprint density at radius 3 is 2.00 bits per heavy atom. The van der Waals surface area contributed by atoms with Crippen LogP contribution in [-0.2, 0) is 0 Å². The van der Waals surface area contributed by atoms with Gasteiger partial charge in [0.05, 0.1) is 0 Å². The van der Waals surface area contributed by atoms with Gasteiger partial charge in [-0.15, -0.1) is 0 Å². The van der Waals surface area contributed by atoms with E-state index < -0.39 is 0 Å². The highest BCUT2D eigenvalue weighted by atomic mass is 16.3. The van der Waals surface area contributed by atoms with Crippen molar-refractivity contribution in [3.63, 3.8) is 0 Å². The van der Waals surface area contributed by atoms with Gasteiger partial charge in [0.15, 0.2) is 0 Å². The lowest BCUT2D eigenvalue weighted by molar-refractivity contribution is -0.254. The molecule has 0 atom stereocenters. The number of rotatable bonds is 0. The summed E-state index contributed by atoms with van der Waals surface area (Å²) < 4.78 is 0. The number of benzene rings is 1. The maximum absolute atomic E-state index is 8.73. The minimum absolute atomic E-state index is 0.289. The summed E-state index contributed by atoms with van der Waals surface area (Å²) in [7, 11) is 0. The number of hydrogen-bond acceptors (Lipinski definition) is 1. The zero-order valence-electron chi connectivity index (χ0n) is 4.46. The predicted molar refractivity (Wildman–Crippen MR) is 30.7 cm³/mol. The molecule has 0 aliphatic carbocycles. The van der Waals surface area contributed by atoms with Gasteiger partial charge in [-0.3, -0.25) is 0 Å². The van der Waals surface area contributed by atoms with Crippen molar-refractivity contribution in [2.24, 2.45) is 0 Å². The SMILES string of the molecule is [NH3+]c1ccc(O)cc1. The highest BCUT2D eigenvalue weighted by molar-refractivity contribution is 5.33. The second-order valence-corrected chi connectivity index (χ2v) is 1.67. The molecule has 1 aromatic rings. The fourth-order valence-corrected chi connectivity index (χ4v) is 0.496. The summed E-state index contributed by atoms with van der Waals surface area (Å²) >= 11 is 0. The first-order chi connectivity index (χ1) is 3.79. The van der Waals surface area contributed by atoms with E-state index in [0.717, 1.165) is 5.69 Å². The molecule has 0 bridgehead atoms. The third kappa shape index (κ3) is 0.978. The maximum Gasteiger partial charge on any atom is 0.128 e. The van der Waals surface area contributed by atoms with Crippen molar-refractivity contribution in [3.05, 3.63) is 24.3 Å². The molecule has 0 radical (unpaired) electrons. The van der Waals surface area contributed by atoms with Crippen LogP contribution in [0.1, 0.15) is 0 Å². The topological polar surface area (TPSA) is 47.9 Å². The van der Waals surface area contributed by atoms with Crippen LogP contribution in [0, 0.1) is 0 Å². The molecule has 1 rings (SSSR count). The summed E-state index contributed by atoms with van der Waals surface area (Å²) in [6.07, 6.45) is 0. The van der Waals surface area contributed by atoms with Crippen LogP contribution in [0.3, 0.4) is 0 Å². The molecule has 0 aromatic heterocycles. The van der Waals surface area contributed by atoms with Gasteiger partial charge in [-0.1, -0.05) is 0 Å². The molecule has 0 amide bonds. The van der Waals surface area contributed by atoms with E-state index in [-0.39, 0.29) is 5.75 Å². The number of phenols is 1. The quantitative estimate of drug-likeness (QED) is 0.494. The van der Waals surface area contributed by atoms with Gasteiger partial charge in [-0.2, -0.15) is 0 Å². The van der Waals surface area contributed by atoms with E-state index in [4.69, 9.17) is 5.11 Å². The normalized spacial score (nSPS) is 9.12. The van der Waals surface area contributed by atoms with Crippen molar-refractivity contribution in [1.29, 1.82) is 0 Å². The van der Waals surface area contributed by atoms with Crippen LogP contribution in [0.4, 0.5) is 5.69 Å². The highest BCUT2D eigenvalue weighted by Gasteiger charge is 1.85. The molecular formula is C6H8NO+. The minimum Gasteiger partial charge on any atom is -0.508 e. The fraction of sp³-hybridized carbons (Fsp3) is 0. The Hall–Kier alpha value is -1.02. The first kappa shape index (κ1) is 5.12. The van der Waals surface area contributed by atoms with Gasteiger partial charge in [0.2, 0.25) is 0 Å². The smallest absolute Gasteiger partial charge is 0.128 e. The number of quaternary nitrogens is 1. The zero-order valence-corrected chi connectivity index (χ0v) is 4.46. The Balaban J connectivity index is 3.03. The molecule has 42 valence electrons. The molecule has 0 aliphatic rings. The highest BCUT2D eigenvalue weighted by Crippen LogP contribution is 2.08. The standard InChI is InChI=1S/C6H7NO/c7-5-1-3-6(8)4-2-5/h1-4,8H,7H2/p+1. The lowest BCUT2D eigenvalue weighted by Gasteiger charge is -1.86. The molecule has 0 saturated heterocycles. The first-order valence-corrected chi connectivity index (χ1v) is 2.40. The number of aromatic hydroxyl groups is 1. The van der Waals surface area contributed by atoms with E-state index in [9.17, 15) is 0 Å². The Morgan fingerprint density at radius 1 is 1.12 bits per heavy atom. The van der Waals surface area contributed by atoms with E-state index >= 15 is 0 Å². The van der Waals surface area contributed by atoms with Crippen LogP contribution >= 0.6 is 0 Å². The van der Waals surface area contributed by atoms with E-state index in [1.165, 1.54) is 0 Å². The van der Waals surface area contributed by atoms with Crippen LogP contribution in [-0.4, -0.2) is 5.11 Å². The largest absolute Gasteiger partial charge is 0.508 e. The van der Waals surface area contributed by atoms with Crippen LogP contribution in [0.25, 0.3) is 0 Å². The van der Waals surface area contributed by atoms with Crippen molar-refractivity contribution in [3.8, 4) is 5.75 Å². The first-order valence-electron chi connectivity index (χ1n) is 2.40. The predicted octanol–water partition coefficient (Wildman–Crippen LogP) is 0.266. The number of phenolic OH excluding ortho intramolecular Hbond substituents is 1. The average molecular weight is 110 g/mol. The third-order valence-electron chi connectivity index (χ3n) is 0.936. The molecule has 2 heteroatoms. The van der Waals surface area contributed by atoms with Gasteiger partial charge < -0.3 is 10.8 Å². The van der Waals surface area contributed by atoms with Crippen molar-refractivity contribution in [2.45, 2.75) is 0 Å². The molecular weight excluding hydrogens is 102 g/mol. The van der Waals surface area contributed by atoms with Crippen molar-refractivity contribution >= 4 is 5.69 Å². The van der Waals surface area contributed by atoms with Gasteiger partial charge in [0.25, 0.3) is 0 Å². The zero-order chi connectivity index (χ0) is 5.98. The summed E-state index contributed by atoms with van der Waals surface area (Å²) in [6.45, 7) is 0. The minimum atomic E-state index is 0.289. The summed E-state index contributed by atoms with van der Waals surface area (Å²) in [5, 5.41) is 8.73. The van der Waals surface area contributed by atoms with E-state index in [0.29, 0.717) is 0 Å². The fourth-order valence-electron chi connectivity index (χ4n) is 0.496. The summed E-state index contributed by atoms with van der Waals surface area (Å²) in [5.74, 6) is 0.289. The molecule has 1 aromatic carbocycles. The summed E-state index contributed by atoms with van der Waals surface area (Å²) in [6, 6.07) is 6.75. The van der Waals surface area contributed by atoms with Crippen LogP contribution in [0.15, 0.2) is 24.3 Å². The Bertz CT molecular complexity index is 147. The third-order valence-corrected chi connectivity index (χ3v) is 0.936. The lowest BCUT2D eigenvalue weighted by atomic mass is 10.3. The van der Waals surface area contributed by atoms with Crippen molar-refractivity contribution < 1.29 is 10.8 Å². The van der Waals surface area contributed by atoms with Gasteiger partial charge in [0, 0.05) is 12.1 Å². The van der Waals surface area contributed by atoms with Crippen LogP contribution in [0.2, 0.25) is 0 Å². The average Bonchev–Trinajstić information content (AvgIpc) is 1.77. The molecule has 8 heavy (non-hydrogen) atoms. The monoisotopic (exact) mass is 110 g/mol. The molecule has 0 heterocycles. The molecule has 0 spiro atoms. The van der Waals surface area contributed by atoms with Gasteiger partial charge in [-0.25, -0.2) is 0 Å². The Morgan fingerprint density at radius 2 is 1.62 bits per heavy atom. The van der Waals surface area contributed by atoms with Gasteiger partial charge >= 0.3 is 0 Å². The molecule has 4 N–H and O–H groups in total. The van der Waals surface area contributed by atoms with E-state index in [1.54, 1.807) is 24.3 Å². The Labute approximate surface area is 47.6 Å². The summed E-state index contributed by atoms with van der Waals surface area (Å²) in [5.41, 5.74) is 4.57. The van der Waals surface area contributed by atoms with Gasteiger partial charge in [-0.05, 0) is 12.1 Å². The van der Waals surface area contributed by atoms with Crippen LogP contribution in [0.5, 0.6) is 5.75 Å². The second-order valence-electron chi connectivity index (χ2n) is 1.67. The molecule has 2 nitrogen and oxygen atoms in total. The van der Waals surface area contributed by atoms with Crippen molar-refractivity contribution in [1.82, 2.24) is 0 Å². The molecule has 0 fully saturated rings. The van der Waals surface area contributed by atoms with Crippen LogP contribution < -0.4 is 5.73 Å². The van der Waals surface area contributed by atoms with E-state index in [2.05, 4.69) is 5.73 Å². The lowest BCUT2D eigenvalue weighted by Crippen LogP contribution is -2.39. The maximum atomic E-state index is 8.73. The molecule has 0 saturated carbocycles. The second kappa shape index (κ2) is 1.84. The molecule has 0 unspecified atom stereocenters. The number of hydrogen-bond donors (Lipinski definition) is 2. The Kier molecular flexibility index (Phi) is 1.18. The van der Waals surface area contributed by atoms with E-state index in [1.807, 2.05) is 0 Å². The summed E-state index contributed by atoms with van der Waals surface area (Å²) in [4.78, 5) is 0. The van der Waals surface area contributed by atoms with Gasteiger partial charge in [0.1, 0.15) is 11.4 Å².